The number of phenols is 1. The molecule has 1 heterocycles. The summed E-state index contributed by atoms with van der Waals surface area (Å²) in [6.07, 6.45) is 4.51. The smallest absolute Gasteiger partial charge is 0.227 e. The van der Waals surface area contributed by atoms with Crippen LogP contribution < -0.4 is 9.64 Å². The average molecular weight is 416 g/mol. The SMILES string of the molecule is COc1cc(/C=C/C(=O)c2cccc(N3CCCC3=O)c2)c(Br)cc1O. The van der Waals surface area contributed by atoms with E-state index in [9.17, 15) is 14.7 Å². The van der Waals surface area contributed by atoms with E-state index < -0.39 is 0 Å². The van der Waals surface area contributed by atoms with E-state index in [-0.39, 0.29) is 17.4 Å². The van der Waals surface area contributed by atoms with Crippen molar-refractivity contribution in [2.24, 2.45) is 0 Å². The van der Waals surface area contributed by atoms with Crippen LogP contribution in [-0.2, 0) is 4.79 Å². The number of halogens is 1. The van der Waals surface area contributed by atoms with Gasteiger partial charge >= 0.3 is 0 Å². The molecule has 2 aromatic rings. The molecule has 0 bridgehead atoms. The number of ketones is 1. The number of hydrogen-bond donors (Lipinski definition) is 1. The van der Waals surface area contributed by atoms with Crippen LogP contribution in [0.25, 0.3) is 6.08 Å². The number of carbonyl (C=O) groups excluding carboxylic acids is 2. The highest BCUT2D eigenvalue weighted by Crippen LogP contribution is 2.33. The molecule has 2 aromatic carbocycles. The van der Waals surface area contributed by atoms with Crippen molar-refractivity contribution in [1.82, 2.24) is 0 Å². The highest BCUT2D eigenvalue weighted by molar-refractivity contribution is 9.10. The van der Waals surface area contributed by atoms with Crippen molar-refractivity contribution in [3.05, 3.63) is 58.1 Å². The lowest BCUT2D eigenvalue weighted by atomic mass is 10.1. The summed E-state index contributed by atoms with van der Waals surface area (Å²) in [4.78, 5) is 26.1. The van der Waals surface area contributed by atoms with E-state index in [1.54, 1.807) is 35.2 Å². The van der Waals surface area contributed by atoms with E-state index in [1.165, 1.54) is 19.3 Å². The Balaban J connectivity index is 1.82. The van der Waals surface area contributed by atoms with Gasteiger partial charge in [0, 0.05) is 28.7 Å². The quantitative estimate of drug-likeness (QED) is 0.587. The van der Waals surface area contributed by atoms with Gasteiger partial charge in [0.15, 0.2) is 17.3 Å². The van der Waals surface area contributed by atoms with Crippen LogP contribution in [-0.4, -0.2) is 30.5 Å². The molecule has 6 heteroatoms. The molecule has 0 aliphatic carbocycles. The minimum atomic E-state index is -0.169. The first-order valence-electron chi connectivity index (χ1n) is 8.19. The van der Waals surface area contributed by atoms with Gasteiger partial charge in [-0.1, -0.05) is 28.1 Å². The van der Waals surface area contributed by atoms with Crippen molar-refractivity contribution in [3.8, 4) is 11.5 Å². The molecule has 3 rings (SSSR count). The maximum absolute atomic E-state index is 12.5. The fourth-order valence-corrected chi connectivity index (χ4v) is 3.32. The largest absolute Gasteiger partial charge is 0.504 e. The fourth-order valence-electron chi connectivity index (χ4n) is 2.86. The maximum Gasteiger partial charge on any atom is 0.227 e. The zero-order valence-corrected chi connectivity index (χ0v) is 15.8. The summed E-state index contributed by atoms with van der Waals surface area (Å²) in [5.41, 5.74) is 1.97. The standard InChI is InChI=1S/C20H18BrNO4/c1-26-19-11-13(16(21)12-18(19)24)7-8-17(23)14-4-2-5-15(10-14)22-9-3-6-20(22)25/h2,4-5,7-8,10-12,24H,3,6,9H2,1H3/b8-7+. The van der Waals surface area contributed by atoms with Crippen molar-refractivity contribution in [2.45, 2.75) is 12.8 Å². The Morgan fingerprint density at radius 1 is 1.31 bits per heavy atom. The molecule has 1 amide bonds. The van der Waals surface area contributed by atoms with Crippen molar-refractivity contribution in [2.75, 3.05) is 18.6 Å². The summed E-state index contributed by atoms with van der Waals surface area (Å²) < 4.78 is 5.74. The summed E-state index contributed by atoms with van der Waals surface area (Å²) in [7, 11) is 1.47. The normalized spacial score (nSPS) is 14.2. The number of carbonyl (C=O) groups is 2. The molecule has 5 nitrogen and oxygen atoms in total. The molecule has 1 aliphatic heterocycles. The highest BCUT2D eigenvalue weighted by Gasteiger charge is 2.22. The van der Waals surface area contributed by atoms with Crippen LogP contribution >= 0.6 is 15.9 Å². The molecule has 1 N–H and O–H groups in total. The summed E-state index contributed by atoms with van der Waals surface area (Å²) >= 11 is 3.36. The number of anilines is 1. The van der Waals surface area contributed by atoms with E-state index in [1.807, 2.05) is 6.07 Å². The van der Waals surface area contributed by atoms with E-state index in [0.29, 0.717) is 34.3 Å². The van der Waals surface area contributed by atoms with Gasteiger partial charge < -0.3 is 14.7 Å². The third-order valence-electron chi connectivity index (χ3n) is 4.23. The lowest BCUT2D eigenvalue weighted by Gasteiger charge is -2.16. The number of hydrogen-bond acceptors (Lipinski definition) is 4. The number of allylic oxidation sites excluding steroid dienone is 1. The van der Waals surface area contributed by atoms with Crippen molar-refractivity contribution < 1.29 is 19.4 Å². The Labute approximate surface area is 160 Å². The van der Waals surface area contributed by atoms with Gasteiger partial charge in [-0.15, -0.1) is 0 Å². The first-order valence-corrected chi connectivity index (χ1v) is 8.98. The minimum absolute atomic E-state index is 0.0193. The van der Waals surface area contributed by atoms with Gasteiger partial charge in [0.25, 0.3) is 0 Å². The Morgan fingerprint density at radius 2 is 2.12 bits per heavy atom. The average Bonchev–Trinajstić information content (AvgIpc) is 3.07. The van der Waals surface area contributed by atoms with Gasteiger partial charge in [-0.05, 0) is 48.4 Å². The number of amides is 1. The topological polar surface area (TPSA) is 66.8 Å². The first kappa shape index (κ1) is 18.2. The summed E-state index contributed by atoms with van der Waals surface area (Å²) in [5, 5.41) is 9.75. The van der Waals surface area contributed by atoms with Crippen molar-refractivity contribution in [3.63, 3.8) is 0 Å². The van der Waals surface area contributed by atoms with Crippen molar-refractivity contribution in [1.29, 1.82) is 0 Å². The molecule has 1 saturated heterocycles. The maximum atomic E-state index is 12.5. The molecule has 0 aromatic heterocycles. The molecule has 134 valence electrons. The van der Waals surface area contributed by atoms with E-state index in [2.05, 4.69) is 15.9 Å². The molecule has 26 heavy (non-hydrogen) atoms. The van der Waals surface area contributed by atoms with Gasteiger partial charge in [0.1, 0.15) is 0 Å². The predicted molar refractivity (Wildman–Crippen MR) is 104 cm³/mol. The Kier molecular flexibility index (Phi) is 5.42. The van der Waals surface area contributed by atoms with Crippen LogP contribution in [0.15, 0.2) is 46.9 Å². The van der Waals surface area contributed by atoms with E-state index in [0.717, 1.165) is 12.1 Å². The molecule has 0 spiro atoms. The molecule has 0 unspecified atom stereocenters. The van der Waals surface area contributed by atoms with Gasteiger partial charge in [-0.2, -0.15) is 0 Å². The number of benzene rings is 2. The van der Waals surface area contributed by atoms with E-state index in [4.69, 9.17) is 4.74 Å². The predicted octanol–water partition coefficient (Wildman–Crippen LogP) is 4.19. The number of aromatic hydroxyl groups is 1. The minimum Gasteiger partial charge on any atom is -0.504 e. The molecular weight excluding hydrogens is 398 g/mol. The van der Waals surface area contributed by atoms with Gasteiger partial charge in [0.05, 0.1) is 7.11 Å². The second-order valence-corrected chi connectivity index (χ2v) is 6.80. The number of ether oxygens (including phenoxy) is 1. The number of nitrogens with zero attached hydrogens (tertiary/aromatic N) is 1. The lowest BCUT2D eigenvalue weighted by molar-refractivity contribution is -0.117. The molecular formula is C20H18BrNO4. The lowest BCUT2D eigenvalue weighted by Crippen LogP contribution is -2.23. The molecule has 0 atom stereocenters. The third kappa shape index (κ3) is 3.80. The Morgan fingerprint density at radius 3 is 2.81 bits per heavy atom. The fraction of sp³-hybridized carbons (Fsp3) is 0.200. The Hall–Kier alpha value is -2.60. The molecule has 0 saturated carbocycles. The molecule has 1 aliphatic rings. The zero-order valence-electron chi connectivity index (χ0n) is 14.2. The van der Waals surface area contributed by atoms with E-state index >= 15 is 0 Å². The summed E-state index contributed by atoms with van der Waals surface area (Å²) in [5.74, 6) is 0.267. The third-order valence-corrected chi connectivity index (χ3v) is 4.91. The van der Waals surface area contributed by atoms with Crippen LogP contribution in [0.3, 0.4) is 0 Å². The van der Waals surface area contributed by atoms with Crippen LogP contribution in [0.1, 0.15) is 28.8 Å². The number of phenolic OH excluding ortho intramolecular Hbond substituents is 1. The molecule has 1 fully saturated rings. The van der Waals surface area contributed by atoms with Crippen LogP contribution in [0, 0.1) is 0 Å². The monoisotopic (exact) mass is 415 g/mol. The second-order valence-electron chi connectivity index (χ2n) is 5.94. The summed E-state index contributed by atoms with van der Waals surface area (Å²) in [6, 6.07) is 10.2. The van der Waals surface area contributed by atoms with Crippen LogP contribution in [0.2, 0.25) is 0 Å². The van der Waals surface area contributed by atoms with Gasteiger partial charge in [0.2, 0.25) is 5.91 Å². The van der Waals surface area contributed by atoms with Crippen LogP contribution in [0.4, 0.5) is 5.69 Å². The Bertz CT molecular complexity index is 891. The van der Waals surface area contributed by atoms with Gasteiger partial charge in [-0.3, -0.25) is 9.59 Å². The first-order chi connectivity index (χ1) is 12.5. The summed E-state index contributed by atoms with van der Waals surface area (Å²) in [6.45, 7) is 0.687. The van der Waals surface area contributed by atoms with Gasteiger partial charge in [-0.25, -0.2) is 0 Å². The van der Waals surface area contributed by atoms with Crippen molar-refractivity contribution >= 4 is 39.4 Å². The zero-order chi connectivity index (χ0) is 18.7. The second kappa shape index (κ2) is 7.74. The highest BCUT2D eigenvalue weighted by atomic mass is 79.9. The van der Waals surface area contributed by atoms with Crippen LogP contribution in [0.5, 0.6) is 11.5 Å². The number of rotatable bonds is 5. The molecule has 0 radical (unpaired) electrons. The number of methoxy groups -OCH3 is 1.